The second-order valence-electron chi connectivity index (χ2n) is 7.22. The Kier molecular flexibility index (Phi) is 4.55. The minimum atomic E-state index is -0.400. The molecule has 1 aliphatic heterocycles. The third-order valence-corrected chi connectivity index (χ3v) is 4.98. The Hall–Kier alpha value is -1.63. The molecule has 128 valence electrons. The van der Waals surface area contributed by atoms with Gasteiger partial charge < -0.3 is 14.0 Å². The molecule has 6 heteroatoms. The van der Waals surface area contributed by atoms with Crippen molar-refractivity contribution in [3.8, 4) is 0 Å². The van der Waals surface area contributed by atoms with Gasteiger partial charge in [0.15, 0.2) is 0 Å². The molecule has 3 rings (SSSR count). The van der Waals surface area contributed by atoms with E-state index in [2.05, 4.69) is 44.9 Å². The molecule has 2 aromatic rings. The van der Waals surface area contributed by atoms with Crippen molar-refractivity contribution in [2.75, 3.05) is 13.7 Å². The number of benzene rings is 1. The number of nitrogens with zero attached hydrogens (tertiary/aromatic N) is 2. The summed E-state index contributed by atoms with van der Waals surface area (Å²) in [5.74, 6) is 0. The molecule has 0 amide bonds. The van der Waals surface area contributed by atoms with Crippen molar-refractivity contribution < 1.29 is 14.0 Å². The van der Waals surface area contributed by atoms with Gasteiger partial charge in [-0.3, -0.25) is 4.68 Å². The van der Waals surface area contributed by atoms with Crippen molar-refractivity contribution in [2.24, 2.45) is 0 Å². The topological polar surface area (TPSA) is 45.5 Å². The van der Waals surface area contributed by atoms with Crippen molar-refractivity contribution in [1.82, 2.24) is 9.78 Å². The predicted molar refractivity (Wildman–Crippen MR) is 94.4 cm³/mol. The molecule has 1 aromatic carbocycles. The lowest BCUT2D eigenvalue weighted by molar-refractivity contribution is 0.00578. The molecule has 1 saturated heterocycles. The van der Waals surface area contributed by atoms with E-state index in [0.29, 0.717) is 6.61 Å². The maximum atomic E-state index is 6.10. The largest absolute Gasteiger partial charge is 0.498 e. The lowest BCUT2D eigenvalue weighted by Gasteiger charge is -2.32. The summed E-state index contributed by atoms with van der Waals surface area (Å²) in [6.07, 6.45) is 3.80. The number of aromatic nitrogens is 2. The molecule has 1 aromatic heterocycles. The Bertz CT molecular complexity index is 669. The highest BCUT2D eigenvalue weighted by molar-refractivity contribution is 6.62. The van der Waals surface area contributed by atoms with E-state index in [4.69, 9.17) is 14.0 Å². The third-order valence-electron chi connectivity index (χ3n) is 4.98. The Balaban J connectivity index is 1.85. The first-order chi connectivity index (χ1) is 11.3. The second-order valence-corrected chi connectivity index (χ2v) is 7.22. The summed E-state index contributed by atoms with van der Waals surface area (Å²) in [5.41, 5.74) is 1.37. The van der Waals surface area contributed by atoms with Gasteiger partial charge in [-0.1, -0.05) is 30.3 Å². The summed E-state index contributed by atoms with van der Waals surface area (Å²) in [4.78, 5) is 0. The molecule has 0 saturated carbocycles. The van der Waals surface area contributed by atoms with Crippen LogP contribution in [0.15, 0.2) is 42.7 Å². The fraction of sp³-hybridized carbons (Fsp3) is 0.500. The SMILES string of the molecule is COCC(c1ccccc1)n1cc(B2OC(C)(C)C(C)(C)O2)cn1. The van der Waals surface area contributed by atoms with Gasteiger partial charge in [0.2, 0.25) is 0 Å². The van der Waals surface area contributed by atoms with Crippen molar-refractivity contribution >= 4 is 12.6 Å². The summed E-state index contributed by atoms with van der Waals surface area (Å²) in [5, 5.41) is 4.53. The second kappa shape index (κ2) is 6.35. The molecular formula is C18H25BN2O3. The molecular weight excluding hydrogens is 303 g/mol. The third kappa shape index (κ3) is 3.14. The van der Waals surface area contributed by atoms with Crippen LogP contribution < -0.4 is 5.46 Å². The van der Waals surface area contributed by atoms with Gasteiger partial charge in [0.1, 0.15) is 6.04 Å². The van der Waals surface area contributed by atoms with Gasteiger partial charge in [0.25, 0.3) is 0 Å². The highest BCUT2D eigenvalue weighted by Gasteiger charge is 2.52. The van der Waals surface area contributed by atoms with Crippen LogP contribution in [-0.2, 0) is 14.0 Å². The maximum absolute atomic E-state index is 6.10. The molecule has 2 heterocycles. The van der Waals surface area contributed by atoms with E-state index in [0.717, 1.165) is 11.0 Å². The van der Waals surface area contributed by atoms with Crippen LogP contribution in [0.1, 0.15) is 39.3 Å². The molecule has 0 N–H and O–H groups in total. The van der Waals surface area contributed by atoms with Gasteiger partial charge in [0.05, 0.1) is 17.8 Å². The average Bonchev–Trinajstić information content (AvgIpc) is 3.09. The maximum Gasteiger partial charge on any atom is 0.498 e. The number of hydrogen-bond acceptors (Lipinski definition) is 4. The van der Waals surface area contributed by atoms with Crippen LogP contribution in [0.2, 0.25) is 0 Å². The van der Waals surface area contributed by atoms with Crippen LogP contribution in [0.5, 0.6) is 0 Å². The van der Waals surface area contributed by atoms with Gasteiger partial charge in [-0.05, 0) is 33.3 Å². The fourth-order valence-corrected chi connectivity index (χ4v) is 2.78. The molecule has 0 aliphatic carbocycles. The Labute approximate surface area is 144 Å². The first-order valence-electron chi connectivity index (χ1n) is 8.27. The molecule has 5 nitrogen and oxygen atoms in total. The van der Waals surface area contributed by atoms with Crippen LogP contribution >= 0.6 is 0 Å². The fourth-order valence-electron chi connectivity index (χ4n) is 2.78. The van der Waals surface area contributed by atoms with Crippen LogP contribution in [0.25, 0.3) is 0 Å². The predicted octanol–water partition coefficient (Wildman–Crippen LogP) is 2.42. The van der Waals surface area contributed by atoms with Crippen molar-refractivity contribution in [3.05, 3.63) is 48.3 Å². The standard InChI is InChI=1S/C18H25BN2O3/c1-17(2)18(3,4)24-19(23-17)15-11-20-21(12-15)16(13-22-5)14-9-7-6-8-10-14/h6-12,16H,13H2,1-5H3. The molecule has 0 radical (unpaired) electrons. The van der Waals surface area contributed by atoms with E-state index in [9.17, 15) is 0 Å². The summed E-state index contributed by atoms with van der Waals surface area (Å²) in [7, 11) is 1.30. The number of hydrogen-bond donors (Lipinski definition) is 0. The zero-order chi connectivity index (χ0) is 17.4. The summed E-state index contributed by atoms with van der Waals surface area (Å²) >= 11 is 0. The highest BCUT2D eigenvalue weighted by atomic mass is 16.7. The van der Waals surface area contributed by atoms with Gasteiger partial charge in [-0.25, -0.2) is 0 Å². The first kappa shape index (κ1) is 17.2. The smallest absolute Gasteiger partial charge is 0.399 e. The Morgan fingerprint density at radius 2 is 1.75 bits per heavy atom. The summed E-state index contributed by atoms with van der Waals surface area (Å²) in [6, 6.07) is 10.2. The quantitative estimate of drug-likeness (QED) is 0.791. The van der Waals surface area contributed by atoms with Crippen molar-refractivity contribution in [1.29, 1.82) is 0 Å². The number of ether oxygens (including phenoxy) is 1. The average molecular weight is 328 g/mol. The Morgan fingerprint density at radius 3 is 2.33 bits per heavy atom. The minimum Gasteiger partial charge on any atom is -0.399 e. The number of methoxy groups -OCH3 is 1. The molecule has 1 unspecified atom stereocenters. The molecule has 0 bridgehead atoms. The molecule has 1 fully saturated rings. The van der Waals surface area contributed by atoms with E-state index in [1.807, 2.05) is 35.3 Å². The van der Waals surface area contributed by atoms with Gasteiger partial charge >= 0.3 is 7.12 Å². The van der Waals surface area contributed by atoms with E-state index < -0.39 is 7.12 Å². The van der Waals surface area contributed by atoms with Crippen molar-refractivity contribution in [2.45, 2.75) is 44.9 Å². The van der Waals surface area contributed by atoms with E-state index in [1.165, 1.54) is 0 Å². The molecule has 1 aliphatic rings. The van der Waals surface area contributed by atoms with E-state index >= 15 is 0 Å². The van der Waals surface area contributed by atoms with Gasteiger partial charge in [0, 0.05) is 25.0 Å². The van der Waals surface area contributed by atoms with Crippen LogP contribution in [0.4, 0.5) is 0 Å². The zero-order valence-electron chi connectivity index (χ0n) is 15.0. The summed E-state index contributed by atoms with van der Waals surface area (Å²) in [6.45, 7) is 8.75. The zero-order valence-corrected chi connectivity index (χ0v) is 15.0. The van der Waals surface area contributed by atoms with E-state index in [-0.39, 0.29) is 17.2 Å². The first-order valence-corrected chi connectivity index (χ1v) is 8.27. The highest BCUT2D eigenvalue weighted by Crippen LogP contribution is 2.36. The van der Waals surface area contributed by atoms with Crippen molar-refractivity contribution in [3.63, 3.8) is 0 Å². The van der Waals surface area contributed by atoms with Crippen LogP contribution in [-0.4, -0.2) is 41.8 Å². The van der Waals surface area contributed by atoms with Gasteiger partial charge in [-0.15, -0.1) is 0 Å². The normalized spacial score (nSPS) is 20.3. The molecule has 0 spiro atoms. The van der Waals surface area contributed by atoms with Gasteiger partial charge in [-0.2, -0.15) is 5.10 Å². The Morgan fingerprint density at radius 1 is 1.12 bits per heavy atom. The van der Waals surface area contributed by atoms with Crippen LogP contribution in [0.3, 0.4) is 0 Å². The van der Waals surface area contributed by atoms with Crippen LogP contribution in [0, 0.1) is 0 Å². The monoisotopic (exact) mass is 328 g/mol. The van der Waals surface area contributed by atoms with E-state index in [1.54, 1.807) is 7.11 Å². The number of rotatable bonds is 5. The minimum absolute atomic E-state index is 0.0207. The molecule has 1 atom stereocenters. The lowest BCUT2D eigenvalue weighted by Crippen LogP contribution is -2.41. The summed E-state index contributed by atoms with van der Waals surface area (Å²) < 4.78 is 19.5. The lowest BCUT2D eigenvalue weighted by atomic mass is 9.82. The molecule has 24 heavy (non-hydrogen) atoms.